The van der Waals surface area contributed by atoms with Crippen LogP contribution in [0.25, 0.3) is 0 Å². The molecule has 69 heavy (non-hydrogen) atoms. The Morgan fingerprint density at radius 3 is 0.971 bits per heavy atom. The molecule has 0 heterocycles. The van der Waals surface area contributed by atoms with Crippen molar-refractivity contribution in [3.8, 4) is 0 Å². The molecule has 0 radical (unpaired) electrons. The third-order valence-corrected chi connectivity index (χ3v) is 13.0. The van der Waals surface area contributed by atoms with E-state index in [0.717, 1.165) is 64.2 Å². The maximum atomic E-state index is 12.8. The highest BCUT2D eigenvalue weighted by molar-refractivity contribution is 5.71. The zero-order chi connectivity index (χ0) is 50.0. The van der Waals surface area contributed by atoms with E-state index in [9.17, 15) is 14.4 Å². The van der Waals surface area contributed by atoms with Crippen LogP contribution in [0.1, 0.15) is 303 Å². The van der Waals surface area contributed by atoms with Gasteiger partial charge in [-0.05, 0) is 70.6 Å². The van der Waals surface area contributed by atoms with Crippen molar-refractivity contribution in [1.29, 1.82) is 0 Å². The van der Waals surface area contributed by atoms with E-state index < -0.39 is 6.10 Å². The summed E-state index contributed by atoms with van der Waals surface area (Å²) in [7, 11) is 0. The molecule has 0 bridgehead atoms. The Morgan fingerprint density at radius 1 is 0.304 bits per heavy atom. The molecule has 0 spiro atoms. The van der Waals surface area contributed by atoms with Crippen molar-refractivity contribution in [1.82, 2.24) is 0 Å². The number of hydrogen-bond donors (Lipinski definition) is 0. The van der Waals surface area contributed by atoms with Gasteiger partial charge in [-0.25, -0.2) is 0 Å². The number of rotatable bonds is 54. The predicted octanol–water partition coefficient (Wildman–Crippen LogP) is 20.0. The molecule has 0 rings (SSSR count). The summed E-state index contributed by atoms with van der Waals surface area (Å²) in [6.45, 7) is 6.49. The van der Waals surface area contributed by atoms with E-state index in [1.165, 1.54) is 193 Å². The summed E-state index contributed by atoms with van der Waals surface area (Å²) in [5.41, 5.74) is 0. The lowest BCUT2D eigenvalue weighted by Crippen LogP contribution is -2.30. The second-order valence-corrected chi connectivity index (χ2v) is 19.9. The van der Waals surface area contributed by atoms with Crippen LogP contribution in [0.15, 0.2) is 60.8 Å². The minimum Gasteiger partial charge on any atom is -0.462 e. The van der Waals surface area contributed by atoms with Crippen molar-refractivity contribution in [2.45, 2.75) is 309 Å². The fourth-order valence-corrected chi connectivity index (χ4v) is 8.57. The maximum Gasteiger partial charge on any atom is 0.306 e. The zero-order valence-electron chi connectivity index (χ0n) is 45.8. The Labute approximate surface area is 428 Å². The van der Waals surface area contributed by atoms with Gasteiger partial charge < -0.3 is 14.2 Å². The highest BCUT2D eigenvalue weighted by atomic mass is 16.6. The summed E-state index contributed by atoms with van der Waals surface area (Å²) < 4.78 is 16.8. The molecule has 0 saturated carbocycles. The van der Waals surface area contributed by atoms with E-state index in [1.54, 1.807) is 0 Å². The van der Waals surface area contributed by atoms with Crippen molar-refractivity contribution in [3.05, 3.63) is 60.8 Å². The average Bonchev–Trinajstić information content (AvgIpc) is 3.35. The Balaban J connectivity index is 4.32. The second-order valence-electron chi connectivity index (χ2n) is 19.9. The zero-order valence-corrected chi connectivity index (χ0v) is 45.8. The normalized spacial score (nSPS) is 12.4. The van der Waals surface area contributed by atoms with Gasteiger partial charge >= 0.3 is 17.9 Å². The number of esters is 3. The van der Waals surface area contributed by atoms with Crippen molar-refractivity contribution in [3.63, 3.8) is 0 Å². The quantitative estimate of drug-likeness (QED) is 0.0262. The van der Waals surface area contributed by atoms with Gasteiger partial charge in [-0.1, -0.05) is 274 Å². The molecule has 0 N–H and O–H groups in total. The number of allylic oxidation sites excluding steroid dienone is 10. The van der Waals surface area contributed by atoms with Crippen LogP contribution in [-0.4, -0.2) is 37.2 Å². The fourth-order valence-electron chi connectivity index (χ4n) is 8.57. The molecule has 0 aliphatic rings. The molecular formula is C63H112O6. The van der Waals surface area contributed by atoms with E-state index in [2.05, 4.69) is 75.5 Å². The molecule has 0 fully saturated rings. The first-order valence-electron chi connectivity index (χ1n) is 29.8. The Morgan fingerprint density at radius 2 is 0.594 bits per heavy atom. The topological polar surface area (TPSA) is 78.9 Å². The summed E-state index contributed by atoms with van der Waals surface area (Å²) in [5.74, 6) is -0.966. The molecule has 0 amide bonds. The predicted molar refractivity (Wildman–Crippen MR) is 298 cm³/mol. The average molecular weight is 966 g/mol. The van der Waals surface area contributed by atoms with Crippen molar-refractivity contribution in [2.24, 2.45) is 0 Å². The number of ether oxygens (including phenoxy) is 3. The smallest absolute Gasteiger partial charge is 0.306 e. The van der Waals surface area contributed by atoms with Crippen LogP contribution in [0.4, 0.5) is 0 Å². The Kier molecular flexibility index (Phi) is 55.3. The third kappa shape index (κ3) is 55.9. The van der Waals surface area contributed by atoms with Crippen LogP contribution < -0.4 is 0 Å². The third-order valence-electron chi connectivity index (χ3n) is 13.0. The number of hydrogen-bond acceptors (Lipinski definition) is 6. The highest BCUT2D eigenvalue weighted by Crippen LogP contribution is 2.16. The van der Waals surface area contributed by atoms with Crippen LogP contribution in [0.3, 0.4) is 0 Å². The summed E-state index contributed by atoms with van der Waals surface area (Å²) in [6, 6.07) is 0. The van der Waals surface area contributed by atoms with Gasteiger partial charge in [-0.15, -0.1) is 0 Å². The van der Waals surface area contributed by atoms with Gasteiger partial charge in [0.25, 0.3) is 0 Å². The standard InChI is InChI=1S/C63H112O6/c1-4-7-10-13-16-19-22-25-27-28-29-30-31-32-33-34-36-38-41-44-47-50-53-56-62(65)68-59-60(58-67-61(64)55-52-49-46-43-40-37-24-21-18-15-12-9-6-3)69-63(66)57-54-51-48-45-42-39-35-26-23-20-17-14-11-8-5-2/h9,12,18,21,28-29,37,40,46,49,60H,4-8,10-11,13-17,19-20,22-27,30-36,38-39,41-45,47-48,50-59H2,1-3H3/b12-9-,21-18-,29-28-,40-37-,49-46-. The molecule has 0 aromatic rings. The number of carbonyl (C=O) groups is 3. The van der Waals surface area contributed by atoms with Gasteiger partial charge in [0.15, 0.2) is 6.10 Å². The monoisotopic (exact) mass is 965 g/mol. The van der Waals surface area contributed by atoms with Crippen LogP contribution in [0, 0.1) is 0 Å². The first-order valence-corrected chi connectivity index (χ1v) is 29.8. The Bertz CT molecular complexity index is 1250. The van der Waals surface area contributed by atoms with Crippen LogP contribution >= 0.6 is 0 Å². The summed E-state index contributed by atoms with van der Waals surface area (Å²) in [5, 5.41) is 0. The van der Waals surface area contributed by atoms with Gasteiger partial charge in [0.1, 0.15) is 13.2 Å². The SMILES string of the molecule is CC/C=C\C/C=C\C/C=C\C/C=C\CCC(=O)OCC(COC(=O)CCCCCCCCCCCCC/C=C\CCCCCCCCCC)OC(=O)CCCCCCCCCCCCCCCCC. The molecule has 0 saturated heterocycles. The molecule has 0 aliphatic carbocycles. The molecule has 0 aliphatic heterocycles. The van der Waals surface area contributed by atoms with E-state index in [4.69, 9.17) is 14.2 Å². The fraction of sp³-hybridized carbons (Fsp3) is 0.794. The van der Waals surface area contributed by atoms with Gasteiger partial charge in [-0.2, -0.15) is 0 Å². The second kappa shape index (κ2) is 57.7. The largest absolute Gasteiger partial charge is 0.462 e. The van der Waals surface area contributed by atoms with E-state index in [1.807, 2.05) is 6.08 Å². The van der Waals surface area contributed by atoms with Gasteiger partial charge in [-0.3, -0.25) is 14.4 Å². The maximum absolute atomic E-state index is 12.8. The van der Waals surface area contributed by atoms with Crippen molar-refractivity contribution < 1.29 is 28.6 Å². The summed E-state index contributed by atoms with van der Waals surface area (Å²) in [4.78, 5) is 38.1. The summed E-state index contributed by atoms with van der Waals surface area (Å²) >= 11 is 0. The molecule has 400 valence electrons. The lowest BCUT2D eigenvalue weighted by atomic mass is 10.0. The van der Waals surface area contributed by atoms with Gasteiger partial charge in [0, 0.05) is 19.3 Å². The first-order chi connectivity index (χ1) is 34.0. The molecule has 1 unspecified atom stereocenters. The first kappa shape index (κ1) is 66.1. The van der Waals surface area contributed by atoms with Gasteiger partial charge in [0.2, 0.25) is 0 Å². The molecule has 0 aromatic carbocycles. The van der Waals surface area contributed by atoms with Crippen molar-refractivity contribution >= 4 is 17.9 Å². The summed E-state index contributed by atoms with van der Waals surface area (Å²) in [6.07, 6.45) is 72.4. The lowest BCUT2D eigenvalue weighted by Gasteiger charge is -2.18. The van der Waals surface area contributed by atoms with Crippen LogP contribution in [0.2, 0.25) is 0 Å². The molecule has 0 aromatic heterocycles. The van der Waals surface area contributed by atoms with Gasteiger partial charge in [0.05, 0.1) is 0 Å². The minimum absolute atomic E-state index is 0.0936. The van der Waals surface area contributed by atoms with Crippen LogP contribution in [0.5, 0.6) is 0 Å². The molecular weight excluding hydrogens is 853 g/mol. The van der Waals surface area contributed by atoms with E-state index >= 15 is 0 Å². The highest BCUT2D eigenvalue weighted by Gasteiger charge is 2.19. The molecule has 6 heteroatoms. The molecule has 1 atom stereocenters. The molecule has 6 nitrogen and oxygen atoms in total. The van der Waals surface area contributed by atoms with E-state index in [0.29, 0.717) is 19.3 Å². The number of carbonyl (C=O) groups excluding carboxylic acids is 3. The lowest BCUT2D eigenvalue weighted by molar-refractivity contribution is -0.166. The number of unbranched alkanes of at least 4 members (excludes halogenated alkanes) is 33. The van der Waals surface area contributed by atoms with Crippen molar-refractivity contribution in [2.75, 3.05) is 13.2 Å². The minimum atomic E-state index is -0.801. The van der Waals surface area contributed by atoms with Crippen LogP contribution in [-0.2, 0) is 28.6 Å². The van der Waals surface area contributed by atoms with E-state index in [-0.39, 0.29) is 37.5 Å². The Hall–Kier alpha value is -2.89.